The summed E-state index contributed by atoms with van der Waals surface area (Å²) in [6.45, 7) is 0. The van der Waals surface area contributed by atoms with Gasteiger partial charge in [-0.3, -0.25) is 4.79 Å². The predicted molar refractivity (Wildman–Crippen MR) is 101 cm³/mol. The highest BCUT2D eigenvalue weighted by Crippen LogP contribution is 2.13. The Bertz CT molecular complexity index is 769. The molecule has 0 aromatic heterocycles. The van der Waals surface area contributed by atoms with Crippen LogP contribution in [0.2, 0.25) is 0 Å². The van der Waals surface area contributed by atoms with Gasteiger partial charge in [0.05, 0.1) is 0 Å². The van der Waals surface area contributed by atoms with E-state index in [9.17, 15) is 4.79 Å². The van der Waals surface area contributed by atoms with E-state index in [4.69, 9.17) is 17.2 Å². The molecule has 0 heterocycles. The SMILES string of the molecule is Nc1ccc(NC(=O)c2ccc(N)cc2)cc1.Nc1ccccc1. The molecule has 0 atom stereocenters. The number of para-hydroxylation sites is 1. The third-order valence-electron chi connectivity index (χ3n) is 3.14. The van der Waals surface area contributed by atoms with Crippen molar-refractivity contribution in [1.82, 2.24) is 0 Å². The average molecular weight is 320 g/mol. The summed E-state index contributed by atoms with van der Waals surface area (Å²) in [5.74, 6) is -0.172. The Balaban J connectivity index is 0.000000249. The van der Waals surface area contributed by atoms with E-state index in [-0.39, 0.29) is 5.91 Å². The maximum atomic E-state index is 11.8. The lowest BCUT2D eigenvalue weighted by molar-refractivity contribution is 0.102. The normalized spacial score (nSPS) is 9.50. The van der Waals surface area contributed by atoms with Crippen LogP contribution in [0.25, 0.3) is 0 Å². The van der Waals surface area contributed by atoms with Crippen molar-refractivity contribution in [3.05, 3.63) is 84.4 Å². The maximum Gasteiger partial charge on any atom is 0.255 e. The van der Waals surface area contributed by atoms with E-state index in [1.807, 2.05) is 30.3 Å². The molecule has 24 heavy (non-hydrogen) atoms. The van der Waals surface area contributed by atoms with Gasteiger partial charge in [-0.25, -0.2) is 0 Å². The lowest BCUT2D eigenvalue weighted by Crippen LogP contribution is -2.11. The number of benzene rings is 3. The first-order chi connectivity index (χ1) is 11.5. The van der Waals surface area contributed by atoms with Crippen LogP contribution < -0.4 is 22.5 Å². The lowest BCUT2D eigenvalue weighted by Gasteiger charge is -2.05. The maximum absolute atomic E-state index is 11.8. The van der Waals surface area contributed by atoms with Gasteiger partial charge >= 0.3 is 0 Å². The Kier molecular flexibility index (Phi) is 5.80. The Labute approximate surface area is 141 Å². The number of nitrogens with one attached hydrogen (secondary N) is 1. The number of hydrogen-bond acceptors (Lipinski definition) is 4. The standard InChI is InChI=1S/C13H13N3O.C6H7N/c14-10-3-1-9(2-4-10)13(17)16-12-7-5-11(15)6-8-12;7-6-4-2-1-3-5-6/h1-8H,14-15H2,(H,16,17);1-5H,7H2. The molecule has 0 saturated heterocycles. The highest BCUT2D eigenvalue weighted by Gasteiger charge is 2.05. The first-order valence-electron chi connectivity index (χ1n) is 7.37. The molecule has 5 heteroatoms. The molecule has 3 aromatic rings. The summed E-state index contributed by atoms with van der Waals surface area (Å²) in [4.78, 5) is 11.8. The van der Waals surface area contributed by atoms with Crippen molar-refractivity contribution in [3.8, 4) is 0 Å². The van der Waals surface area contributed by atoms with E-state index in [1.54, 1.807) is 48.5 Å². The van der Waals surface area contributed by atoms with Crippen LogP contribution in [-0.4, -0.2) is 5.91 Å². The predicted octanol–water partition coefficient (Wildman–Crippen LogP) is 3.37. The summed E-state index contributed by atoms with van der Waals surface area (Å²) in [7, 11) is 0. The van der Waals surface area contributed by atoms with Gasteiger partial charge in [0.2, 0.25) is 0 Å². The highest BCUT2D eigenvalue weighted by molar-refractivity contribution is 6.04. The molecule has 1 amide bonds. The number of nitrogen functional groups attached to an aromatic ring is 3. The molecule has 0 aliphatic carbocycles. The Morgan fingerprint density at radius 2 is 1.08 bits per heavy atom. The first kappa shape index (κ1) is 16.9. The summed E-state index contributed by atoms with van der Waals surface area (Å²) in [5.41, 5.74) is 19.9. The van der Waals surface area contributed by atoms with Crippen molar-refractivity contribution in [2.24, 2.45) is 0 Å². The molecule has 0 aliphatic rings. The highest BCUT2D eigenvalue weighted by atomic mass is 16.1. The molecule has 0 radical (unpaired) electrons. The summed E-state index contributed by atoms with van der Waals surface area (Å²) >= 11 is 0. The summed E-state index contributed by atoms with van der Waals surface area (Å²) in [6, 6.07) is 23.2. The van der Waals surface area contributed by atoms with Crippen molar-refractivity contribution in [2.75, 3.05) is 22.5 Å². The molecule has 0 fully saturated rings. The van der Waals surface area contributed by atoms with Crippen LogP contribution in [0.1, 0.15) is 10.4 Å². The third kappa shape index (κ3) is 5.38. The van der Waals surface area contributed by atoms with Crippen LogP contribution in [0.3, 0.4) is 0 Å². The third-order valence-corrected chi connectivity index (χ3v) is 3.14. The topological polar surface area (TPSA) is 107 Å². The molecule has 0 bridgehead atoms. The number of nitrogens with two attached hydrogens (primary N) is 3. The Morgan fingerprint density at radius 1 is 0.625 bits per heavy atom. The van der Waals surface area contributed by atoms with Crippen molar-refractivity contribution >= 4 is 28.7 Å². The van der Waals surface area contributed by atoms with Crippen molar-refractivity contribution < 1.29 is 4.79 Å². The van der Waals surface area contributed by atoms with Crippen LogP contribution in [-0.2, 0) is 0 Å². The van der Waals surface area contributed by atoms with Gasteiger partial charge < -0.3 is 22.5 Å². The minimum Gasteiger partial charge on any atom is -0.399 e. The fraction of sp³-hybridized carbons (Fsp3) is 0. The minimum absolute atomic E-state index is 0.172. The molecular weight excluding hydrogens is 300 g/mol. The number of anilines is 4. The van der Waals surface area contributed by atoms with Crippen LogP contribution in [0.5, 0.6) is 0 Å². The van der Waals surface area contributed by atoms with E-state index in [2.05, 4.69) is 5.32 Å². The van der Waals surface area contributed by atoms with Crippen LogP contribution >= 0.6 is 0 Å². The zero-order chi connectivity index (χ0) is 17.4. The fourth-order valence-corrected chi connectivity index (χ4v) is 1.86. The quantitative estimate of drug-likeness (QED) is 0.543. The number of hydrogen-bond donors (Lipinski definition) is 4. The van der Waals surface area contributed by atoms with Crippen molar-refractivity contribution in [3.63, 3.8) is 0 Å². The molecule has 0 aliphatic heterocycles. The summed E-state index contributed by atoms with van der Waals surface area (Å²) in [6.07, 6.45) is 0. The number of carbonyl (C=O) groups excluding carboxylic acids is 1. The molecule has 0 saturated carbocycles. The smallest absolute Gasteiger partial charge is 0.255 e. The Morgan fingerprint density at radius 3 is 1.54 bits per heavy atom. The van der Waals surface area contributed by atoms with E-state index < -0.39 is 0 Å². The molecule has 0 unspecified atom stereocenters. The Hall–Kier alpha value is -3.47. The van der Waals surface area contributed by atoms with Gasteiger partial charge in [0, 0.05) is 28.3 Å². The fourth-order valence-electron chi connectivity index (χ4n) is 1.86. The van der Waals surface area contributed by atoms with E-state index in [1.165, 1.54) is 0 Å². The van der Waals surface area contributed by atoms with E-state index in [0.717, 1.165) is 5.69 Å². The van der Waals surface area contributed by atoms with Gasteiger partial charge in [-0.1, -0.05) is 18.2 Å². The minimum atomic E-state index is -0.172. The second-order valence-corrected chi connectivity index (χ2v) is 5.11. The lowest BCUT2D eigenvalue weighted by atomic mass is 10.2. The molecule has 7 N–H and O–H groups in total. The van der Waals surface area contributed by atoms with Crippen molar-refractivity contribution in [2.45, 2.75) is 0 Å². The summed E-state index contributed by atoms with van der Waals surface area (Å²) in [5, 5.41) is 2.77. The molecule has 3 aromatic carbocycles. The largest absolute Gasteiger partial charge is 0.399 e. The molecule has 3 rings (SSSR count). The van der Waals surface area contributed by atoms with E-state index >= 15 is 0 Å². The van der Waals surface area contributed by atoms with Crippen molar-refractivity contribution in [1.29, 1.82) is 0 Å². The van der Waals surface area contributed by atoms with Crippen LogP contribution in [0, 0.1) is 0 Å². The molecule has 0 spiro atoms. The van der Waals surface area contributed by atoms with Gasteiger partial charge in [-0.05, 0) is 60.7 Å². The van der Waals surface area contributed by atoms with Gasteiger partial charge in [-0.15, -0.1) is 0 Å². The number of carbonyl (C=O) groups is 1. The number of amides is 1. The monoisotopic (exact) mass is 320 g/mol. The molecule has 122 valence electrons. The van der Waals surface area contributed by atoms with Gasteiger partial charge in [-0.2, -0.15) is 0 Å². The van der Waals surface area contributed by atoms with Gasteiger partial charge in [0.1, 0.15) is 0 Å². The average Bonchev–Trinajstić information content (AvgIpc) is 2.59. The van der Waals surface area contributed by atoms with Crippen LogP contribution in [0.15, 0.2) is 78.9 Å². The summed E-state index contributed by atoms with van der Waals surface area (Å²) < 4.78 is 0. The zero-order valence-electron chi connectivity index (χ0n) is 13.1. The van der Waals surface area contributed by atoms with E-state index in [0.29, 0.717) is 22.6 Å². The second-order valence-electron chi connectivity index (χ2n) is 5.11. The first-order valence-corrected chi connectivity index (χ1v) is 7.37. The number of rotatable bonds is 2. The van der Waals surface area contributed by atoms with Gasteiger partial charge in [0.15, 0.2) is 0 Å². The van der Waals surface area contributed by atoms with Crippen LogP contribution in [0.4, 0.5) is 22.7 Å². The molecule has 5 nitrogen and oxygen atoms in total. The second kappa shape index (κ2) is 8.24. The zero-order valence-corrected chi connectivity index (χ0v) is 13.1. The van der Waals surface area contributed by atoms with Gasteiger partial charge in [0.25, 0.3) is 5.91 Å². The molecular formula is C19H20N4O.